The molecule has 0 spiro atoms. The van der Waals surface area contributed by atoms with Gasteiger partial charge in [-0.2, -0.15) is 0 Å². The van der Waals surface area contributed by atoms with Gasteiger partial charge >= 0.3 is 0 Å². The first-order valence-electron chi connectivity index (χ1n) is 4.38. The molecule has 2 heterocycles. The molecule has 0 aromatic carbocycles. The van der Waals surface area contributed by atoms with Crippen LogP contribution in [0.3, 0.4) is 0 Å². The molecule has 13 heavy (non-hydrogen) atoms. The summed E-state index contributed by atoms with van der Waals surface area (Å²) >= 11 is 0. The largest absolute Gasteiger partial charge is 0.463 e. The summed E-state index contributed by atoms with van der Waals surface area (Å²) in [5.41, 5.74) is 0.774. The van der Waals surface area contributed by atoms with Crippen LogP contribution in [0, 0.1) is 0 Å². The minimum Gasteiger partial charge on any atom is -0.463 e. The predicted octanol–water partition coefficient (Wildman–Crippen LogP) is 2.07. The Hall–Kier alpha value is -1.09. The Bertz CT molecular complexity index is 322. The van der Waals surface area contributed by atoms with Gasteiger partial charge in [-0.15, -0.1) is 0 Å². The summed E-state index contributed by atoms with van der Waals surface area (Å²) in [7, 11) is 0. The highest BCUT2D eigenvalue weighted by Crippen LogP contribution is 2.37. The van der Waals surface area contributed by atoms with Gasteiger partial charge in [-0.3, -0.25) is 4.98 Å². The molecule has 1 unspecified atom stereocenters. The second-order valence-corrected chi connectivity index (χ2v) is 3.69. The Morgan fingerprint density at radius 3 is 3.00 bits per heavy atom. The van der Waals surface area contributed by atoms with Crippen LogP contribution in [0.1, 0.15) is 26.3 Å². The fourth-order valence-electron chi connectivity index (χ4n) is 1.65. The SMILES string of the molecule is CC1Oc2cnccc2C(C)(C)O1. The first-order valence-corrected chi connectivity index (χ1v) is 4.38. The molecule has 0 saturated carbocycles. The smallest absolute Gasteiger partial charge is 0.198 e. The van der Waals surface area contributed by atoms with E-state index >= 15 is 0 Å². The molecule has 1 aliphatic heterocycles. The van der Waals surface area contributed by atoms with Crippen molar-refractivity contribution in [3.63, 3.8) is 0 Å². The number of fused-ring (bicyclic) bond motifs is 1. The number of pyridine rings is 1. The number of rotatable bonds is 0. The standard InChI is InChI=1S/C10H13NO2/c1-7-12-9-6-11-5-4-8(9)10(2,3)13-7/h4-7H,1-3H3. The van der Waals surface area contributed by atoms with Gasteiger partial charge in [0.15, 0.2) is 6.29 Å². The summed E-state index contributed by atoms with van der Waals surface area (Å²) in [5, 5.41) is 0. The van der Waals surface area contributed by atoms with Crippen LogP contribution in [-0.4, -0.2) is 11.3 Å². The summed E-state index contributed by atoms with van der Waals surface area (Å²) in [5.74, 6) is 0.825. The van der Waals surface area contributed by atoms with E-state index in [0.717, 1.165) is 11.3 Å². The van der Waals surface area contributed by atoms with Crippen molar-refractivity contribution in [3.8, 4) is 5.75 Å². The number of ether oxygens (including phenoxy) is 2. The monoisotopic (exact) mass is 179 g/mol. The molecule has 1 aromatic rings. The van der Waals surface area contributed by atoms with Gasteiger partial charge in [0.2, 0.25) is 0 Å². The Balaban J connectivity index is 2.50. The third kappa shape index (κ3) is 1.40. The van der Waals surface area contributed by atoms with Crippen LogP contribution in [0.15, 0.2) is 18.5 Å². The maximum atomic E-state index is 5.65. The molecule has 0 N–H and O–H groups in total. The minimum atomic E-state index is -0.282. The van der Waals surface area contributed by atoms with Crippen LogP contribution in [0.2, 0.25) is 0 Å². The first kappa shape index (κ1) is 8.51. The molecule has 3 nitrogen and oxygen atoms in total. The number of nitrogens with zero attached hydrogens (tertiary/aromatic N) is 1. The van der Waals surface area contributed by atoms with Crippen LogP contribution in [-0.2, 0) is 10.3 Å². The summed E-state index contributed by atoms with van der Waals surface area (Å²) in [6.45, 7) is 5.95. The van der Waals surface area contributed by atoms with Gasteiger partial charge in [-0.1, -0.05) is 0 Å². The molecule has 1 aliphatic rings. The topological polar surface area (TPSA) is 31.4 Å². The highest BCUT2D eigenvalue weighted by Gasteiger charge is 2.32. The second kappa shape index (κ2) is 2.70. The first-order chi connectivity index (χ1) is 6.09. The third-order valence-electron chi connectivity index (χ3n) is 2.19. The maximum absolute atomic E-state index is 5.65. The molecular weight excluding hydrogens is 166 g/mol. The van der Waals surface area contributed by atoms with Crippen molar-refractivity contribution in [1.82, 2.24) is 4.98 Å². The maximum Gasteiger partial charge on any atom is 0.198 e. The van der Waals surface area contributed by atoms with E-state index in [0.29, 0.717) is 0 Å². The highest BCUT2D eigenvalue weighted by atomic mass is 16.7. The van der Waals surface area contributed by atoms with Gasteiger partial charge in [0.25, 0.3) is 0 Å². The second-order valence-electron chi connectivity index (χ2n) is 3.69. The number of hydrogen-bond donors (Lipinski definition) is 0. The van der Waals surface area contributed by atoms with Crippen molar-refractivity contribution in [2.45, 2.75) is 32.7 Å². The molecular formula is C10H13NO2. The van der Waals surface area contributed by atoms with Crippen LogP contribution in [0.4, 0.5) is 0 Å². The summed E-state index contributed by atoms with van der Waals surface area (Å²) in [4.78, 5) is 4.02. The quantitative estimate of drug-likeness (QED) is 0.611. The van der Waals surface area contributed by atoms with E-state index in [1.165, 1.54) is 0 Å². The lowest BCUT2D eigenvalue weighted by Gasteiger charge is -2.36. The minimum absolute atomic E-state index is 0.202. The fraction of sp³-hybridized carbons (Fsp3) is 0.500. The summed E-state index contributed by atoms with van der Waals surface area (Å²) < 4.78 is 11.1. The van der Waals surface area contributed by atoms with Gasteiger partial charge in [0.1, 0.15) is 5.75 Å². The molecule has 0 amide bonds. The van der Waals surface area contributed by atoms with Crippen molar-refractivity contribution >= 4 is 0 Å². The molecule has 70 valence electrons. The molecule has 0 bridgehead atoms. The Kier molecular flexibility index (Phi) is 1.77. The average molecular weight is 179 g/mol. The molecule has 0 fully saturated rings. The lowest BCUT2D eigenvalue weighted by atomic mass is 9.97. The third-order valence-corrected chi connectivity index (χ3v) is 2.19. The Labute approximate surface area is 77.7 Å². The lowest BCUT2D eigenvalue weighted by molar-refractivity contribution is -0.172. The Morgan fingerprint density at radius 1 is 1.46 bits per heavy atom. The van der Waals surface area contributed by atoms with E-state index in [-0.39, 0.29) is 11.9 Å². The van der Waals surface area contributed by atoms with Gasteiger partial charge in [0.05, 0.1) is 11.8 Å². The van der Waals surface area contributed by atoms with Gasteiger partial charge in [-0.25, -0.2) is 0 Å². The van der Waals surface area contributed by atoms with Crippen LogP contribution < -0.4 is 4.74 Å². The van der Waals surface area contributed by atoms with E-state index < -0.39 is 0 Å². The van der Waals surface area contributed by atoms with Crippen molar-refractivity contribution < 1.29 is 9.47 Å². The zero-order valence-corrected chi connectivity index (χ0v) is 8.07. The molecule has 3 heteroatoms. The van der Waals surface area contributed by atoms with Gasteiger partial charge < -0.3 is 9.47 Å². The van der Waals surface area contributed by atoms with Crippen LogP contribution in [0.25, 0.3) is 0 Å². The van der Waals surface area contributed by atoms with Crippen molar-refractivity contribution in [3.05, 3.63) is 24.0 Å². The van der Waals surface area contributed by atoms with E-state index in [1.54, 1.807) is 12.4 Å². The molecule has 2 rings (SSSR count). The zero-order chi connectivity index (χ0) is 9.47. The summed E-state index contributed by atoms with van der Waals surface area (Å²) in [6.07, 6.45) is 3.28. The predicted molar refractivity (Wildman–Crippen MR) is 48.4 cm³/mol. The normalized spacial score (nSPS) is 24.7. The van der Waals surface area contributed by atoms with Gasteiger partial charge in [0, 0.05) is 11.8 Å². The van der Waals surface area contributed by atoms with Crippen molar-refractivity contribution in [2.75, 3.05) is 0 Å². The summed E-state index contributed by atoms with van der Waals surface area (Å²) in [6, 6.07) is 1.93. The molecule has 1 atom stereocenters. The van der Waals surface area contributed by atoms with E-state index in [4.69, 9.17) is 9.47 Å². The van der Waals surface area contributed by atoms with Crippen LogP contribution >= 0.6 is 0 Å². The van der Waals surface area contributed by atoms with E-state index in [1.807, 2.05) is 26.8 Å². The Morgan fingerprint density at radius 2 is 2.23 bits per heavy atom. The molecule has 0 radical (unpaired) electrons. The average Bonchev–Trinajstić information content (AvgIpc) is 2.02. The number of hydrogen-bond acceptors (Lipinski definition) is 3. The van der Waals surface area contributed by atoms with Crippen molar-refractivity contribution in [1.29, 1.82) is 0 Å². The van der Waals surface area contributed by atoms with E-state index in [2.05, 4.69) is 4.98 Å². The van der Waals surface area contributed by atoms with Gasteiger partial charge in [-0.05, 0) is 26.8 Å². The highest BCUT2D eigenvalue weighted by molar-refractivity contribution is 5.35. The van der Waals surface area contributed by atoms with Crippen LogP contribution in [0.5, 0.6) is 5.75 Å². The molecule has 0 saturated heterocycles. The zero-order valence-electron chi connectivity index (χ0n) is 8.07. The molecule has 0 aliphatic carbocycles. The van der Waals surface area contributed by atoms with Crippen molar-refractivity contribution in [2.24, 2.45) is 0 Å². The fourth-order valence-corrected chi connectivity index (χ4v) is 1.65. The molecule has 1 aromatic heterocycles. The lowest BCUT2D eigenvalue weighted by Crippen LogP contribution is -2.35. The number of aromatic nitrogens is 1. The van der Waals surface area contributed by atoms with E-state index in [9.17, 15) is 0 Å².